The largest absolute Gasteiger partial charge is 0.350 e. The summed E-state index contributed by atoms with van der Waals surface area (Å²) in [5.74, 6) is -0.251. The minimum atomic E-state index is -0.410. The Morgan fingerprint density at radius 1 is 1.12 bits per heavy atom. The molecule has 0 spiro atoms. The highest BCUT2D eigenvalue weighted by atomic mass is 16.2. The van der Waals surface area contributed by atoms with Gasteiger partial charge in [0.2, 0.25) is 24.1 Å². The van der Waals surface area contributed by atoms with Crippen molar-refractivity contribution >= 4 is 24.1 Å². The van der Waals surface area contributed by atoms with Gasteiger partial charge in [-0.25, -0.2) is 0 Å². The van der Waals surface area contributed by atoms with Gasteiger partial charge in [-0.1, -0.05) is 26.8 Å². The van der Waals surface area contributed by atoms with E-state index in [2.05, 4.69) is 17.1 Å². The van der Waals surface area contributed by atoms with E-state index in [1.165, 1.54) is 0 Å². The minimum absolute atomic E-state index is 0.0482. The molecule has 2 aliphatic heterocycles. The maximum absolute atomic E-state index is 13.3. The van der Waals surface area contributed by atoms with Gasteiger partial charge in [0.15, 0.2) is 0 Å². The van der Waals surface area contributed by atoms with Crippen molar-refractivity contribution in [3.63, 3.8) is 0 Å². The molecule has 2 rings (SSSR count). The van der Waals surface area contributed by atoms with Crippen molar-refractivity contribution in [2.75, 3.05) is 52.9 Å². The van der Waals surface area contributed by atoms with E-state index in [9.17, 15) is 19.2 Å². The summed E-state index contributed by atoms with van der Waals surface area (Å²) in [7, 11) is 1.67. The van der Waals surface area contributed by atoms with Gasteiger partial charge in [-0.2, -0.15) is 0 Å². The fraction of sp³-hybridized carbons (Fsp3) is 0.739. The lowest BCUT2D eigenvalue weighted by Crippen LogP contribution is -2.54. The number of amides is 4. The molecule has 0 aliphatic carbocycles. The number of hydrogen-bond donors (Lipinski definition) is 1. The summed E-state index contributed by atoms with van der Waals surface area (Å²) in [6.45, 7) is 12.5. The molecule has 180 valence electrons. The van der Waals surface area contributed by atoms with Crippen LogP contribution in [0.2, 0.25) is 0 Å². The van der Waals surface area contributed by atoms with E-state index in [1.807, 2.05) is 24.8 Å². The van der Waals surface area contributed by atoms with Crippen LogP contribution in [0.4, 0.5) is 0 Å². The van der Waals surface area contributed by atoms with Gasteiger partial charge in [-0.3, -0.25) is 19.2 Å². The van der Waals surface area contributed by atoms with Crippen molar-refractivity contribution in [2.24, 2.45) is 5.92 Å². The molecular formula is C23H39N5O4. The van der Waals surface area contributed by atoms with E-state index in [4.69, 9.17) is 0 Å². The molecule has 32 heavy (non-hydrogen) atoms. The van der Waals surface area contributed by atoms with E-state index in [-0.39, 0.29) is 36.2 Å². The van der Waals surface area contributed by atoms with E-state index in [0.29, 0.717) is 38.0 Å². The lowest BCUT2D eigenvalue weighted by molar-refractivity contribution is -0.143. The van der Waals surface area contributed by atoms with Crippen molar-refractivity contribution in [3.05, 3.63) is 11.6 Å². The maximum Gasteiger partial charge on any atom is 0.249 e. The van der Waals surface area contributed by atoms with Gasteiger partial charge in [0, 0.05) is 45.3 Å². The zero-order valence-electron chi connectivity index (χ0n) is 20.2. The normalized spacial score (nSPS) is 20.9. The van der Waals surface area contributed by atoms with E-state index in [1.54, 1.807) is 23.8 Å². The lowest BCUT2D eigenvalue weighted by Gasteiger charge is -2.37. The summed E-state index contributed by atoms with van der Waals surface area (Å²) < 4.78 is 0. The number of likely N-dealkylation sites (N-methyl/N-ethyl adjacent to an activating group) is 2. The maximum atomic E-state index is 13.3. The van der Waals surface area contributed by atoms with Crippen molar-refractivity contribution in [2.45, 2.75) is 52.6 Å². The second-order valence-corrected chi connectivity index (χ2v) is 9.00. The van der Waals surface area contributed by atoms with Crippen LogP contribution in [-0.2, 0) is 19.2 Å². The quantitative estimate of drug-likeness (QED) is 0.404. The summed E-state index contributed by atoms with van der Waals surface area (Å²) in [5.41, 5.74) is 0.530. The Bertz CT molecular complexity index is 715. The van der Waals surface area contributed by atoms with Crippen LogP contribution >= 0.6 is 0 Å². The molecule has 2 heterocycles. The van der Waals surface area contributed by atoms with E-state index >= 15 is 0 Å². The third kappa shape index (κ3) is 6.31. The molecule has 0 bridgehead atoms. The van der Waals surface area contributed by atoms with Crippen LogP contribution in [0.1, 0.15) is 40.5 Å². The van der Waals surface area contributed by atoms with Crippen LogP contribution in [0.15, 0.2) is 11.6 Å². The summed E-state index contributed by atoms with van der Waals surface area (Å²) in [4.78, 5) is 56.8. The number of nitrogens with one attached hydrogen (secondary N) is 1. The second kappa shape index (κ2) is 12.0. The fourth-order valence-corrected chi connectivity index (χ4v) is 4.49. The Balaban J connectivity index is 2.09. The number of rotatable bonds is 9. The molecule has 2 atom stereocenters. The van der Waals surface area contributed by atoms with Gasteiger partial charge in [0.05, 0.1) is 12.6 Å². The van der Waals surface area contributed by atoms with Gasteiger partial charge >= 0.3 is 0 Å². The zero-order valence-corrected chi connectivity index (χ0v) is 20.2. The Kier molecular flexibility index (Phi) is 9.68. The first-order valence-corrected chi connectivity index (χ1v) is 11.6. The number of carbonyl (C=O) groups is 4. The topological polar surface area (TPSA) is 93.3 Å². The van der Waals surface area contributed by atoms with Crippen molar-refractivity contribution in [1.82, 2.24) is 24.9 Å². The molecule has 0 aromatic rings. The monoisotopic (exact) mass is 449 g/mol. The van der Waals surface area contributed by atoms with Crippen molar-refractivity contribution in [3.8, 4) is 0 Å². The molecule has 0 unspecified atom stereocenters. The second-order valence-electron chi connectivity index (χ2n) is 9.00. The van der Waals surface area contributed by atoms with Crippen LogP contribution < -0.4 is 5.32 Å². The predicted octanol–water partition coefficient (Wildman–Crippen LogP) is 0.317. The summed E-state index contributed by atoms with van der Waals surface area (Å²) in [5, 5.41) is 2.39. The molecule has 0 radical (unpaired) electrons. The average Bonchev–Trinajstić information content (AvgIpc) is 3.29. The molecule has 0 aromatic heterocycles. The number of hydrogen-bond acceptors (Lipinski definition) is 5. The first-order chi connectivity index (χ1) is 15.2. The number of piperazine rings is 1. The summed E-state index contributed by atoms with van der Waals surface area (Å²) in [6, 6.07) is -0.702. The van der Waals surface area contributed by atoms with Crippen molar-refractivity contribution in [1.29, 1.82) is 0 Å². The third-order valence-corrected chi connectivity index (χ3v) is 6.55. The standard InChI is InChI=1S/C23H39N5O4/c1-6-26-10-12-27(13-11-26)23(32)19-8-7-9-28(19)22(31)18(4)14-20(17(2)3)25(5)21(30)15-24-16-29/h14,16-17,19-20H,6-13,15H2,1-5H3,(H,24,29)/t19-,20+/m0/s1. The Labute approximate surface area is 191 Å². The molecule has 2 fully saturated rings. The van der Waals surface area contributed by atoms with E-state index < -0.39 is 6.04 Å². The van der Waals surface area contributed by atoms with Gasteiger partial charge in [-0.05, 0) is 32.2 Å². The van der Waals surface area contributed by atoms with Crippen LogP contribution in [0.5, 0.6) is 0 Å². The van der Waals surface area contributed by atoms with Gasteiger partial charge in [0.25, 0.3) is 0 Å². The van der Waals surface area contributed by atoms with E-state index in [0.717, 1.165) is 26.1 Å². The third-order valence-electron chi connectivity index (χ3n) is 6.55. The van der Waals surface area contributed by atoms with Gasteiger partial charge < -0.3 is 24.9 Å². The molecule has 9 heteroatoms. The van der Waals surface area contributed by atoms with Crippen LogP contribution in [0.3, 0.4) is 0 Å². The number of nitrogens with zero attached hydrogens (tertiary/aromatic N) is 4. The first kappa shape index (κ1) is 25.8. The number of likely N-dealkylation sites (tertiary alicyclic amines) is 1. The minimum Gasteiger partial charge on any atom is -0.350 e. The smallest absolute Gasteiger partial charge is 0.249 e. The molecule has 0 saturated carbocycles. The van der Waals surface area contributed by atoms with Crippen LogP contribution in [-0.4, -0.2) is 109 Å². The van der Waals surface area contributed by atoms with Crippen LogP contribution in [0, 0.1) is 5.92 Å². The predicted molar refractivity (Wildman–Crippen MR) is 123 cm³/mol. The lowest BCUT2D eigenvalue weighted by atomic mass is 9.99. The SMILES string of the molecule is CCN1CCN(C(=O)[C@@H]2CCCN2C(=O)C(C)=C[C@H](C(C)C)N(C)C(=O)CNC=O)CC1. The molecule has 9 nitrogen and oxygen atoms in total. The molecule has 1 N–H and O–H groups in total. The van der Waals surface area contributed by atoms with Gasteiger partial charge in [0.1, 0.15) is 6.04 Å². The molecule has 4 amide bonds. The highest BCUT2D eigenvalue weighted by molar-refractivity contribution is 5.97. The molecular weight excluding hydrogens is 410 g/mol. The summed E-state index contributed by atoms with van der Waals surface area (Å²) >= 11 is 0. The highest BCUT2D eigenvalue weighted by Crippen LogP contribution is 2.23. The van der Waals surface area contributed by atoms with Crippen molar-refractivity contribution < 1.29 is 19.2 Å². The summed E-state index contributed by atoms with van der Waals surface area (Å²) in [6.07, 6.45) is 3.81. The molecule has 0 aromatic carbocycles. The Morgan fingerprint density at radius 3 is 2.34 bits per heavy atom. The Morgan fingerprint density at radius 2 is 1.78 bits per heavy atom. The zero-order chi connectivity index (χ0) is 23.8. The van der Waals surface area contributed by atoms with Crippen LogP contribution in [0.25, 0.3) is 0 Å². The fourth-order valence-electron chi connectivity index (χ4n) is 4.49. The highest BCUT2D eigenvalue weighted by Gasteiger charge is 2.38. The average molecular weight is 450 g/mol. The number of carbonyl (C=O) groups excluding carboxylic acids is 4. The first-order valence-electron chi connectivity index (χ1n) is 11.6. The molecule has 2 aliphatic rings. The Hall–Kier alpha value is -2.42. The molecule has 2 saturated heterocycles. The van der Waals surface area contributed by atoms with Gasteiger partial charge in [-0.15, -0.1) is 0 Å².